The van der Waals surface area contributed by atoms with Gasteiger partial charge in [-0.15, -0.1) is 0 Å². The zero-order chi connectivity index (χ0) is 29.9. The molecule has 0 spiro atoms. The van der Waals surface area contributed by atoms with Crippen molar-refractivity contribution in [1.29, 1.82) is 0 Å². The summed E-state index contributed by atoms with van der Waals surface area (Å²) in [5, 5.41) is -0.0804. The maximum Gasteiger partial charge on any atom is 0.415 e. The number of sulfone groups is 1. The van der Waals surface area contributed by atoms with Gasteiger partial charge >= 0.3 is 11.9 Å². The van der Waals surface area contributed by atoms with Gasteiger partial charge < -0.3 is 0 Å². The normalized spacial score (nSPS) is 13.7. The van der Waals surface area contributed by atoms with E-state index in [1.807, 2.05) is 19.1 Å². The van der Waals surface area contributed by atoms with Gasteiger partial charge in [-0.2, -0.15) is 18.2 Å². The molecule has 0 fully saturated rings. The first kappa shape index (κ1) is 33.4. The molecule has 0 aliphatic carbocycles. The smallest absolute Gasteiger partial charge is 0.271 e. The molecule has 2 aromatic rings. The van der Waals surface area contributed by atoms with Crippen molar-refractivity contribution in [3.05, 3.63) is 51.7 Å². The van der Waals surface area contributed by atoms with E-state index in [1.165, 1.54) is 51.4 Å². The van der Waals surface area contributed by atoms with Gasteiger partial charge in [0, 0.05) is 4.90 Å². The second-order valence-corrected chi connectivity index (χ2v) is 13.8. The number of nitrogens with zero attached hydrogens (tertiary/aromatic N) is 3. The second kappa shape index (κ2) is 15.9. The Morgan fingerprint density at radius 2 is 1.39 bits per heavy atom. The van der Waals surface area contributed by atoms with E-state index < -0.39 is 50.3 Å². The number of fused-ring (bicyclic) bond motifs is 1. The lowest BCUT2D eigenvalue weighted by Gasteiger charge is -2.11. The van der Waals surface area contributed by atoms with E-state index in [0.717, 1.165) is 47.9 Å². The average Bonchev–Trinajstić information content (AvgIpc) is 3.32. The molecule has 0 radical (unpaired) electrons. The van der Waals surface area contributed by atoms with Crippen molar-refractivity contribution in [2.45, 2.75) is 127 Å². The van der Waals surface area contributed by atoms with Crippen molar-refractivity contribution >= 4 is 26.5 Å². The zero-order valence-electron chi connectivity index (χ0n) is 24.1. The first-order chi connectivity index (χ1) is 19.5. The highest BCUT2D eigenvalue weighted by molar-refractivity contribution is 8.00. The van der Waals surface area contributed by atoms with Crippen LogP contribution in [0, 0.1) is 6.92 Å². The van der Waals surface area contributed by atoms with Crippen LogP contribution in [0.4, 0.5) is 13.2 Å². The summed E-state index contributed by atoms with van der Waals surface area (Å²) in [5.41, 5.74) is -1.33. The number of rotatable bonds is 18. The molecule has 0 bridgehead atoms. The van der Waals surface area contributed by atoms with E-state index in [0.29, 0.717) is 11.0 Å². The molecule has 0 saturated carbocycles. The van der Waals surface area contributed by atoms with E-state index in [-0.39, 0.29) is 11.6 Å². The molecule has 1 aromatic carbocycles. The summed E-state index contributed by atoms with van der Waals surface area (Å²) in [5.74, 6) is -0.892. The number of unbranched alkanes of at least 4 members (excludes halogenated alkanes) is 13. The van der Waals surface area contributed by atoms with E-state index >= 15 is 0 Å². The van der Waals surface area contributed by atoms with Gasteiger partial charge in [0.15, 0.2) is 20.8 Å². The highest BCUT2D eigenvalue weighted by Gasteiger charge is 2.46. The Balaban J connectivity index is 1.56. The fourth-order valence-electron chi connectivity index (χ4n) is 5.04. The van der Waals surface area contributed by atoms with Crippen molar-refractivity contribution < 1.29 is 21.6 Å². The standard InChI is InChI=1S/C30H42F3N3O3S2/c1-3-4-5-6-7-8-9-10-11-12-13-14-15-18-21-41(38,39)26-24(30(31,32)33)22-36-27(26)34-28(35-29(36)37)40-25-20-17-16-19-23(25)2/h16-17,19-20H,3-15,18,21-22H2,1-2H3. The molecule has 11 heteroatoms. The summed E-state index contributed by atoms with van der Waals surface area (Å²) in [4.78, 5) is 20.5. The molecule has 1 aliphatic heterocycles. The maximum absolute atomic E-state index is 14.0. The Morgan fingerprint density at radius 3 is 1.93 bits per heavy atom. The van der Waals surface area contributed by atoms with Gasteiger partial charge in [-0.05, 0) is 36.7 Å². The molecule has 2 heterocycles. The third-order valence-corrected chi connectivity index (χ3v) is 10.3. The molecule has 1 aromatic heterocycles. The quantitative estimate of drug-likeness (QED) is 0.157. The number of benzene rings is 1. The predicted molar refractivity (Wildman–Crippen MR) is 159 cm³/mol. The van der Waals surface area contributed by atoms with E-state index in [1.54, 1.807) is 12.1 Å². The van der Waals surface area contributed by atoms with Crippen LogP contribution in [-0.2, 0) is 16.4 Å². The largest absolute Gasteiger partial charge is 0.415 e. The van der Waals surface area contributed by atoms with Crippen molar-refractivity contribution in [3.63, 3.8) is 0 Å². The van der Waals surface area contributed by atoms with Crippen LogP contribution in [0.15, 0.2) is 44.7 Å². The predicted octanol–water partition coefficient (Wildman–Crippen LogP) is 8.28. The fourth-order valence-corrected chi connectivity index (χ4v) is 7.64. The van der Waals surface area contributed by atoms with Gasteiger partial charge in [-0.3, -0.25) is 4.57 Å². The number of aromatic nitrogens is 3. The van der Waals surface area contributed by atoms with Crippen LogP contribution in [0.5, 0.6) is 0 Å². The molecular weight excluding hydrogens is 571 g/mol. The van der Waals surface area contributed by atoms with Crippen LogP contribution >= 0.6 is 11.8 Å². The molecule has 0 N–H and O–H groups in total. The summed E-state index contributed by atoms with van der Waals surface area (Å²) in [6, 6.07) is 7.23. The highest BCUT2D eigenvalue weighted by Crippen LogP contribution is 2.41. The number of hydrogen-bond donors (Lipinski definition) is 0. The molecule has 6 nitrogen and oxygen atoms in total. The number of hydrogen-bond acceptors (Lipinski definition) is 6. The van der Waals surface area contributed by atoms with Gasteiger partial charge in [0.05, 0.1) is 17.9 Å². The maximum atomic E-state index is 14.0. The first-order valence-corrected chi connectivity index (χ1v) is 17.3. The van der Waals surface area contributed by atoms with Crippen molar-refractivity contribution in [2.24, 2.45) is 0 Å². The van der Waals surface area contributed by atoms with Crippen molar-refractivity contribution in [1.82, 2.24) is 14.5 Å². The summed E-state index contributed by atoms with van der Waals surface area (Å²) in [7, 11) is -4.34. The third kappa shape index (κ3) is 9.98. The molecule has 228 valence electrons. The van der Waals surface area contributed by atoms with Crippen LogP contribution in [0.1, 0.15) is 108 Å². The van der Waals surface area contributed by atoms with Gasteiger partial charge in [0.1, 0.15) is 4.91 Å². The molecule has 0 atom stereocenters. The van der Waals surface area contributed by atoms with Gasteiger partial charge in [-0.1, -0.05) is 109 Å². The topological polar surface area (TPSA) is 81.9 Å². The molecule has 1 aliphatic rings. The van der Waals surface area contributed by atoms with E-state index in [4.69, 9.17) is 0 Å². The molecule has 0 unspecified atom stereocenters. The van der Waals surface area contributed by atoms with Crippen LogP contribution in [-0.4, -0.2) is 34.9 Å². The number of halogens is 3. The van der Waals surface area contributed by atoms with Crippen molar-refractivity contribution in [3.8, 4) is 0 Å². The second-order valence-electron chi connectivity index (χ2n) is 10.8. The lowest BCUT2D eigenvalue weighted by molar-refractivity contribution is -0.0932. The Bertz CT molecular complexity index is 1340. The Kier molecular flexibility index (Phi) is 12.9. The van der Waals surface area contributed by atoms with Crippen LogP contribution in [0.3, 0.4) is 0 Å². The summed E-state index contributed by atoms with van der Waals surface area (Å²) < 4.78 is 69.1. The zero-order valence-corrected chi connectivity index (χ0v) is 25.8. The van der Waals surface area contributed by atoms with Crippen LogP contribution in [0.25, 0.3) is 4.91 Å². The molecule has 0 saturated heterocycles. The molecule has 41 heavy (non-hydrogen) atoms. The van der Waals surface area contributed by atoms with Gasteiger partial charge in [-0.25, -0.2) is 18.2 Å². The summed E-state index contributed by atoms with van der Waals surface area (Å²) in [6.07, 6.45) is 10.3. The van der Waals surface area contributed by atoms with Gasteiger partial charge in [0.25, 0.3) is 0 Å². The number of aryl methyl sites for hydroxylation is 1. The minimum absolute atomic E-state index is 0.0804. The third-order valence-electron chi connectivity index (χ3n) is 7.39. The fraction of sp³-hybridized carbons (Fsp3) is 0.633. The highest BCUT2D eigenvalue weighted by atomic mass is 32.2. The lowest BCUT2D eigenvalue weighted by Crippen LogP contribution is -2.26. The monoisotopic (exact) mass is 613 g/mol. The Labute approximate surface area is 246 Å². The SMILES string of the molecule is CCCCCCCCCCCCCCCCS(=O)(=O)C1=C(C(F)(F)F)Cn2c1nc(Sc1ccccc1C)nc2=O. The molecule has 3 rings (SSSR count). The summed E-state index contributed by atoms with van der Waals surface area (Å²) >= 11 is 1.02. The Hall–Kier alpha value is -2.14. The van der Waals surface area contributed by atoms with Crippen LogP contribution < -0.4 is 5.69 Å². The Morgan fingerprint density at radius 1 is 0.854 bits per heavy atom. The number of allylic oxidation sites excluding steroid dienone is 1. The molecular formula is C30H42F3N3O3S2. The molecule has 0 amide bonds. The van der Waals surface area contributed by atoms with Gasteiger partial charge in [0.2, 0.25) is 0 Å². The lowest BCUT2D eigenvalue weighted by atomic mass is 10.0. The summed E-state index contributed by atoms with van der Waals surface area (Å²) in [6.45, 7) is 3.16. The van der Waals surface area contributed by atoms with E-state index in [2.05, 4.69) is 16.9 Å². The first-order valence-electron chi connectivity index (χ1n) is 14.8. The average molecular weight is 614 g/mol. The van der Waals surface area contributed by atoms with E-state index in [9.17, 15) is 26.4 Å². The van der Waals surface area contributed by atoms with Crippen LogP contribution in [0.2, 0.25) is 0 Å². The minimum Gasteiger partial charge on any atom is -0.271 e. The minimum atomic E-state index is -4.92. The van der Waals surface area contributed by atoms with Crippen molar-refractivity contribution in [2.75, 3.05) is 5.75 Å². The number of alkyl halides is 3.